The maximum Gasteiger partial charge on any atom is 0.227 e. The van der Waals surface area contributed by atoms with E-state index in [1.807, 2.05) is 12.1 Å². The number of hydrogen-bond acceptors (Lipinski definition) is 5. The Morgan fingerprint density at radius 2 is 1.81 bits per heavy atom. The van der Waals surface area contributed by atoms with E-state index >= 15 is 0 Å². The van der Waals surface area contributed by atoms with Crippen LogP contribution in [-0.2, 0) is 20.7 Å². The quantitative estimate of drug-likeness (QED) is 0.646. The third-order valence-electron chi connectivity index (χ3n) is 7.55. The fourth-order valence-electron chi connectivity index (χ4n) is 5.94. The van der Waals surface area contributed by atoms with E-state index in [0.29, 0.717) is 35.8 Å². The normalized spacial score (nSPS) is 31.8. The van der Waals surface area contributed by atoms with Crippen molar-refractivity contribution in [2.45, 2.75) is 56.3 Å². The van der Waals surface area contributed by atoms with E-state index in [4.69, 9.17) is 32.7 Å². The summed E-state index contributed by atoms with van der Waals surface area (Å²) in [6.45, 7) is 6.99. The first-order chi connectivity index (χ1) is 15.6. The van der Waals surface area contributed by atoms with Gasteiger partial charge >= 0.3 is 0 Å². The fraction of sp³-hybridized carbons (Fsp3) is 0.708. The van der Waals surface area contributed by atoms with Gasteiger partial charge in [0.15, 0.2) is 0 Å². The Morgan fingerprint density at radius 3 is 2.56 bits per heavy atom. The second kappa shape index (κ2) is 10.2. The molecule has 0 aromatic heterocycles. The fourth-order valence-corrected chi connectivity index (χ4v) is 6.26. The summed E-state index contributed by atoms with van der Waals surface area (Å²) in [5.74, 6) is 0.168. The third kappa shape index (κ3) is 4.82. The van der Waals surface area contributed by atoms with Crippen LogP contribution in [0.5, 0.6) is 0 Å². The summed E-state index contributed by atoms with van der Waals surface area (Å²) < 4.78 is 12.1. The molecular formula is C24H33Cl2N3O3. The highest BCUT2D eigenvalue weighted by molar-refractivity contribution is 6.42. The number of hydrogen-bond donors (Lipinski definition) is 0. The molecule has 1 aromatic carbocycles. The molecule has 0 radical (unpaired) electrons. The molecule has 4 aliphatic heterocycles. The van der Waals surface area contributed by atoms with Gasteiger partial charge in [0.05, 0.1) is 53.9 Å². The maximum atomic E-state index is 13.6. The molecule has 176 valence electrons. The topological polar surface area (TPSA) is 45.3 Å². The Bertz CT molecular complexity index is 814. The number of benzene rings is 1. The van der Waals surface area contributed by atoms with E-state index in [9.17, 15) is 4.79 Å². The molecule has 1 aromatic rings. The molecule has 5 rings (SSSR count). The first-order valence-corrected chi connectivity index (χ1v) is 12.8. The third-order valence-corrected chi connectivity index (χ3v) is 8.29. The lowest BCUT2D eigenvalue weighted by Crippen LogP contribution is -2.72. The molecule has 0 N–H and O–H groups in total. The molecule has 4 saturated heterocycles. The van der Waals surface area contributed by atoms with E-state index in [1.54, 1.807) is 6.07 Å². The van der Waals surface area contributed by atoms with Crippen LogP contribution in [0.2, 0.25) is 10.0 Å². The van der Waals surface area contributed by atoms with E-state index in [1.165, 1.54) is 12.8 Å². The average molecular weight is 482 g/mol. The Hall–Kier alpha value is -0.890. The van der Waals surface area contributed by atoms with Crippen LogP contribution in [0, 0.1) is 0 Å². The van der Waals surface area contributed by atoms with Crippen LogP contribution in [0.4, 0.5) is 0 Å². The lowest BCUT2D eigenvalue weighted by atomic mass is 9.90. The summed E-state index contributed by atoms with van der Waals surface area (Å²) >= 11 is 12.3. The van der Waals surface area contributed by atoms with Crippen molar-refractivity contribution < 1.29 is 14.3 Å². The number of fused-ring (bicyclic) bond motifs is 1. The predicted octanol–water partition coefficient (Wildman–Crippen LogP) is 3.09. The number of carbonyl (C=O) groups is 1. The molecule has 4 heterocycles. The van der Waals surface area contributed by atoms with E-state index < -0.39 is 0 Å². The minimum absolute atomic E-state index is 0.146. The van der Waals surface area contributed by atoms with Crippen LogP contribution in [0.25, 0.3) is 0 Å². The lowest BCUT2D eigenvalue weighted by molar-refractivity contribution is -0.154. The molecule has 4 fully saturated rings. The summed E-state index contributed by atoms with van der Waals surface area (Å²) in [7, 11) is 0. The van der Waals surface area contributed by atoms with Crippen molar-refractivity contribution in [3.63, 3.8) is 0 Å². The molecule has 6 nitrogen and oxygen atoms in total. The van der Waals surface area contributed by atoms with Gasteiger partial charge in [0.25, 0.3) is 0 Å². The predicted molar refractivity (Wildman–Crippen MR) is 125 cm³/mol. The van der Waals surface area contributed by atoms with Gasteiger partial charge in [-0.2, -0.15) is 0 Å². The highest BCUT2D eigenvalue weighted by Gasteiger charge is 2.48. The largest absolute Gasteiger partial charge is 0.378 e. The number of carbonyl (C=O) groups excluding carboxylic acids is 1. The van der Waals surface area contributed by atoms with E-state index in [0.717, 1.165) is 57.7 Å². The summed E-state index contributed by atoms with van der Waals surface area (Å²) in [6.07, 6.45) is 5.38. The van der Waals surface area contributed by atoms with Crippen LogP contribution in [0.3, 0.4) is 0 Å². The van der Waals surface area contributed by atoms with Crippen molar-refractivity contribution in [3.05, 3.63) is 33.8 Å². The number of halogens is 2. The zero-order valence-electron chi connectivity index (χ0n) is 18.6. The number of piperazine rings is 1. The molecule has 1 amide bonds. The van der Waals surface area contributed by atoms with Crippen LogP contribution >= 0.6 is 23.2 Å². The van der Waals surface area contributed by atoms with Gasteiger partial charge in [0.2, 0.25) is 5.91 Å². The molecule has 0 spiro atoms. The molecule has 1 unspecified atom stereocenters. The first-order valence-electron chi connectivity index (χ1n) is 12.0. The van der Waals surface area contributed by atoms with Gasteiger partial charge in [0, 0.05) is 26.2 Å². The Balaban J connectivity index is 1.36. The van der Waals surface area contributed by atoms with Gasteiger partial charge in [0.1, 0.15) is 0 Å². The minimum Gasteiger partial charge on any atom is -0.378 e. The lowest BCUT2D eigenvalue weighted by Gasteiger charge is -2.54. The summed E-state index contributed by atoms with van der Waals surface area (Å²) in [5, 5.41) is 1.02. The smallest absolute Gasteiger partial charge is 0.227 e. The van der Waals surface area contributed by atoms with Crippen molar-refractivity contribution in [2.75, 3.05) is 52.5 Å². The molecule has 4 aliphatic rings. The number of likely N-dealkylation sites (tertiary alicyclic amines) is 1. The van der Waals surface area contributed by atoms with Crippen LogP contribution < -0.4 is 0 Å². The average Bonchev–Trinajstić information content (AvgIpc) is 3.50. The van der Waals surface area contributed by atoms with Crippen LogP contribution in [0.1, 0.15) is 31.2 Å². The van der Waals surface area contributed by atoms with Gasteiger partial charge < -0.3 is 14.4 Å². The van der Waals surface area contributed by atoms with Crippen molar-refractivity contribution in [1.29, 1.82) is 0 Å². The number of rotatable bonds is 5. The van der Waals surface area contributed by atoms with Crippen molar-refractivity contribution in [1.82, 2.24) is 14.7 Å². The summed E-state index contributed by atoms with van der Waals surface area (Å²) in [4.78, 5) is 20.8. The van der Waals surface area contributed by atoms with Gasteiger partial charge in [-0.25, -0.2) is 0 Å². The Kier molecular flexibility index (Phi) is 7.27. The SMILES string of the molecule is O=C(Cc1ccc(Cl)c(Cl)c1)N1CCN(CC2CCCO2)[C@H]2COC[C@@H](N3CCCC3)[C@@H]21. The highest BCUT2D eigenvalue weighted by Crippen LogP contribution is 2.31. The Morgan fingerprint density at radius 1 is 1.00 bits per heavy atom. The second-order valence-electron chi connectivity index (χ2n) is 9.55. The molecule has 32 heavy (non-hydrogen) atoms. The molecule has 4 atom stereocenters. The molecule has 8 heteroatoms. The molecule has 0 bridgehead atoms. The van der Waals surface area contributed by atoms with Crippen molar-refractivity contribution in [2.24, 2.45) is 0 Å². The van der Waals surface area contributed by atoms with Gasteiger partial charge in [-0.15, -0.1) is 0 Å². The zero-order valence-corrected chi connectivity index (χ0v) is 20.1. The highest BCUT2D eigenvalue weighted by atomic mass is 35.5. The van der Waals surface area contributed by atoms with E-state index in [2.05, 4.69) is 14.7 Å². The number of ether oxygens (including phenoxy) is 2. The standard InChI is InChI=1S/C24H33Cl2N3O3/c25-19-6-5-17(12-20(19)26)13-23(30)29-10-9-28(14-18-4-3-11-32-18)22-16-31-15-21(24(22)29)27-7-1-2-8-27/h5-6,12,18,21-22,24H,1-4,7-11,13-16H2/t18?,21-,22+,24+/m1/s1. The summed E-state index contributed by atoms with van der Waals surface area (Å²) in [6, 6.07) is 6.10. The van der Waals surface area contributed by atoms with Gasteiger partial charge in [-0.3, -0.25) is 14.6 Å². The second-order valence-corrected chi connectivity index (χ2v) is 10.4. The van der Waals surface area contributed by atoms with Crippen molar-refractivity contribution >= 4 is 29.1 Å². The van der Waals surface area contributed by atoms with Crippen LogP contribution in [-0.4, -0.2) is 97.4 Å². The summed E-state index contributed by atoms with van der Waals surface area (Å²) in [5.41, 5.74) is 0.910. The first kappa shape index (κ1) is 22.9. The van der Waals surface area contributed by atoms with Gasteiger partial charge in [-0.05, 0) is 56.5 Å². The van der Waals surface area contributed by atoms with E-state index in [-0.39, 0.29) is 24.0 Å². The zero-order chi connectivity index (χ0) is 22.1. The minimum atomic E-state index is 0.146. The number of nitrogens with zero attached hydrogens (tertiary/aromatic N) is 3. The maximum absolute atomic E-state index is 13.6. The Labute approximate surface area is 200 Å². The number of amides is 1. The van der Waals surface area contributed by atoms with Gasteiger partial charge in [-0.1, -0.05) is 29.3 Å². The molecule has 0 aliphatic carbocycles. The molecule has 0 saturated carbocycles. The van der Waals surface area contributed by atoms with Crippen LogP contribution in [0.15, 0.2) is 18.2 Å². The van der Waals surface area contributed by atoms with Crippen molar-refractivity contribution in [3.8, 4) is 0 Å². The monoisotopic (exact) mass is 481 g/mol. The molecular weight excluding hydrogens is 449 g/mol.